The first-order valence-electron chi connectivity index (χ1n) is 8.12. The van der Waals surface area contributed by atoms with Crippen LogP contribution in [-0.2, 0) is 16.6 Å². The van der Waals surface area contributed by atoms with E-state index in [9.17, 15) is 8.42 Å². The molecule has 1 heterocycles. The first-order chi connectivity index (χ1) is 12.9. The minimum atomic E-state index is -3.92. The van der Waals surface area contributed by atoms with Gasteiger partial charge in [0.05, 0.1) is 20.8 Å². The van der Waals surface area contributed by atoms with Crippen molar-refractivity contribution in [3.63, 3.8) is 0 Å². The lowest BCUT2D eigenvalue weighted by atomic mass is 10.1. The van der Waals surface area contributed by atoms with Crippen molar-refractivity contribution in [3.05, 3.63) is 59.9 Å². The minimum absolute atomic E-state index is 0.0125. The predicted molar refractivity (Wildman–Crippen MR) is 101 cm³/mol. The van der Waals surface area contributed by atoms with Gasteiger partial charge in [0, 0.05) is 6.07 Å². The van der Waals surface area contributed by atoms with Crippen molar-refractivity contribution in [1.29, 1.82) is 0 Å². The lowest BCUT2D eigenvalue weighted by molar-refractivity contribution is 0.386. The summed E-state index contributed by atoms with van der Waals surface area (Å²) >= 11 is 0. The Morgan fingerprint density at radius 1 is 1.11 bits per heavy atom. The first-order valence-corrected chi connectivity index (χ1v) is 9.60. The number of sulfonamides is 1. The molecule has 2 aromatic carbocycles. The largest absolute Gasteiger partial charge is 0.497 e. The number of methoxy groups -OCH3 is 2. The molecule has 0 saturated carbocycles. The van der Waals surface area contributed by atoms with Crippen LogP contribution >= 0.6 is 0 Å². The molecule has 27 heavy (non-hydrogen) atoms. The second kappa shape index (κ2) is 7.67. The Kier molecular flexibility index (Phi) is 5.31. The lowest BCUT2D eigenvalue weighted by Gasteiger charge is -2.11. The van der Waals surface area contributed by atoms with Crippen LogP contribution in [-0.4, -0.2) is 37.4 Å². The summed E-state index contributed by atoms with van der Waals surface area (Å²) in [5, 5.41) is 4.20. The quantitative estimate of drug-likeness (QED) is 0.668. The molecule has 0 aliphatic heterocycles. The summed E-state index contributed by atoms with van der Waals surface area (Å²) in [6.45, 7) is 2.50. The van der Waals surface area contributed by atoms with Crippen LogP contribution in [0.15, 0.2) is 53.7 Å². The predicted octanol–water partition coefficient (Wildman–Crippen LogP) is 2.45. The molecule has 142 valence electrons. The van der Waals surface area contributed by atoms with Crippen LogP contribution in [0.5, 0.6) is 11.5 Å². The van der Waals surface area contributed by atoms with E-state index >= 15 is 0 Å². The number of nitrogens with zero attached hydrogens (tertiary/aromatic N) is 3. The highest BCUT2D eigenvalue weighted by Crippen LogP contribution is 2.29. The van der Waals surface area contributed by atoms with E-state index in [0.717, 1.165) is 11.1 Å². The highest BCUT2D eigenvalue weighted by Gasteiger charge is 2.22. The van der Waals surface area contributed by atoms with Gasteiger partial charge in [-0.05, 0) is 30.2 Å². The number of hydrogen-bond acceptors (Lipinski definition) is 6. The third kappa shape index (κ3) is 4.20. The minimum Gasteiger partial charge on any atom is -0.497 e. The van der Waals surface area contributed by atoms with Crippen molar-refractivity contribution in [3.8, 4) is 11.5 Å². The van der Waals surface area contributed by atoms with Crippen molar-refractivity contribution >= 4 is 16.0 Å². The molecule has 0 spiro atoms. The maximum absolute atomic E-state index is 12.7. The third-order valence-corrected chi connectivity index (χ3v) is 5.38. The Hall–Kier alpha value is -3.07. The molecule has 8 nitrogen and oxygen atoms in total. The van der Waals surface area contributed by atoms with Crippen LogP contribution in [0.3, 0.4) is 0 Å². The van der Waals surface area contributed by atoms with Gasteiger partial charge in [-0.25, -0.2) is 17.8 Å². The van der Waals surface area contributed by atoms with Gasteiger partial charge in [-0.3, -0.25) is 0 Å². The Morgan fingerprint density at radius 3 is 2.59 bits per heavy atom. The molecule has 0 aliphatic carbocycles. The van der Waals surface area contributed by atoms with E-state index in [0.29, 0.717) is 12.3 Å². The molecular formula is C18H20N4O4S. The molecule has 0 radical (unpaired) electrons. The number of hydrogen-bond donors (Lipinski definition) is 1. The highest BCUT2D eigenvalue weighted by atomic mass is 32.2. The molecule has 9 heteroatoms. The SMILES string of the molecule is COc1ccc(S(=O)(=O)Nc2ncn(Cc3ccccc3C)n2)c(OC)c1. The van der Waals surface area contributed by atoms with Crippen molar-refractivity contribution in [1.82, 2.24) is 14.8 Å². The second-order valence-corrected chi connectivity index (χ2v) is 7.47. The fraction of sp³-hybridized carbons (Fsp3) is 0.222. The van der Waals surface area contributed by atoms with Crippen LogP contribution in [0.4, 0.5) is 5.95 Å². The van der Waals surface area contributed by atoms with Gasteiger partial charge in [-0.1, -0.05) is 24.3 Å². The molecule has 3 aromatic rings. The van der Waals surface area contributed by atoms with Gasteiger partial charge in [0.1, 0.15) is 22.7 Å². The lowest BCUT2D eigenvalue weighted by Crippen LogP contribution is -2.15. The maximum atomic E-state index is 12.7. The summed E-state index contributed by atoms with van der Waals surface area (Å²) in [4.78, 5) is 4.01. The van der Waals surface area contributed by atoms with E-state index in [-0.39, 0.29) is 16.6 Å². The topological polar surface area (TPSA) is 95.3 Å². The van der Waals surface area contributed by atoms with Crippen molar-refractivity contribution in [2.45, 2.75) is 18.4 Å². The number of benzene rings is 2. The molecule has 1 aromatic heterocycles. The number of nitrogens with one attached hydrogen (secondary N) is 1. The molecule has 0 fully saturated rings. The Bertz CT molecular complexity index is 1050. The molecule has 0 bridgehead atoms. The van der Waals surface area contributed by atoms with Gasteiger partial charge in [0.2, 0.25) is 0 Å². The summed E-state index contributed by atoms with van der Waals surface area (Å²) < 4.78 is 39.6. The zero-order valence-corrected chi connectivity index (χ0v) is 16.0. The fourth-order valence-electron chi connectivity index (χ4n) is 2.55. The van der Waals surface area contributed by atoms with Crippen LogP contribution in [0.25, 0.3) is 0 Å². The van der Waals surface area contributed by atoms with Gasteiger partial charge >= 0.3 is 0 Å². The zero-order valence-electron chi connectivity index (χ0n) is 15.2. The molecule has 0 saturated heterocycles. The monoisotopic (exact) mass is 388 g/mol. The number of rotatable bonds is 7. The van der Waals surface area contributed by atoms with Gasteiger partial charge in [0.15, 0.2) is 0 Å². The van der Waals surface area contributed by atoms with Crippen molar-refractivity contribution < 1.29 is 17.9 Å². The Balaban J connectivity index is 1.81. The van der Waals surface area contributed by atoms with E-state index in [4.69, 9.17) is 9.47 Å². The summed E-state index contributed by atoms with van der Waals surface area (Å²) in [7, 11) is -1.03. The Morgan fingerprint density at radius 2 is 1.89 bits per heavy atom. The van der Waals surface area contributed by atoms with Crippen LogP contribution in [0.1, 0.15) is 11.1 Å². The van der Waals surface area contributed by atoms with E-state index < -0.39 is 10.0 Å². The first kappa shape index (κ1) is 18.7. The molecule has 0 aliphatic rings. The normalized spacial score (nSPS) is 11.2. The summed E-state index contributed by atoms with van der Waals surface area (Å²) in [5.41, 5.74) is 2.20. The second-order valence-electron chi connectivity index (χ2n) is 5.81. The van der Waals surface area contributed by atoms with Crippen LogP contribution < -0.4 is 14.2 Å². The van der Waals surface area contributed by atoms with E-state index in [2.05, 4.69) is 14.8 Å². The molecule has 3 rings (SSSR count). The fourth-order valence-corrected chi connectivity index (χ4v) is 3.65. The smallest absolute Gasteiger partial charge is 0.267 e. The zero-order chi connectivity index (χ0) is 19.4. The number of anilines is 1. The van der Waals surface area contributed by atoms with Crippen molar-refractivity contribution in [2.24, 2.45) is 0 Å². The number of aromatic nitrogens is 3. The van der Waals surface area contributed by atoms with Crippen molar-refractivity contribution in [2.75, 3.05) is 18.9 Å². The average molecular weight is 388 g/mol. The van der Waals surface area contributed by atoms with Gasteiger partial charge in [-0.15, -0.1) is 5.10 Å². The Labute approximate surface area is 157 Å². The summed E-state index contributed by atoms with van der Waals surface area (Å²) in [6, 6.07) is 12.3. The average Bonchev–Trinajstić information content (AvgIpc) is 3.09. The summed E-state index contributed by atoms with van der Waals surface area (Å²) in [5.74, 6) is 0.647. The van der Waals surface area contributed by atoms with Gasteiger partial charge in [0.25, 0.3) is 16.0 Å². The number of ether oxygens (including phenoxy) is 2. The van der Waals surface area contributed by atoms with Gasteiger partial charge < -0.3 is 9.47 Å². The van der Waals surface area contributed by atoms with E-state index in [1.807, 2.05) is 31.2 Å². The van der Waals surface area contributed by atoms with Crippen LogP contribution in [0, 0.1) is 6.92 Å². The molecule has 0 amide bonds. The maximum Gasteiger partial charge on any atom is 0.267 e. The standard InChI is InChI=1S/C18H20N4O4S/c1-13-6-4-5-7-14(13)11-22-12-19-18(20-22)21-27(23,24)17-9-8-15(25-2)10-16(17)26-3/h4-10,12H,11H2,1-3H3,(H,20,21). The highest BCUT2D eigenvalue weighted by molar-refractivity contribution is 7.92. The molecule has 0 atom stereocenters. The van der Waals surface area contributed by atoms with Gasteiger partial charge in [-0.2, -0.15) is 4.98 Å². The summed E-state index contributed by atoms with van der Waals surface area (Å²) in [6.07, 6.45) is 1.48. The molecule has 1 N–H and O–H groups in total. The van der Waals surface area contributed by atoms with Crippen LogP contribution in [0.2, 0.25) is 0 Å². The van der Waals surface area contributed by atoms with E-state index in [1.54, 1.807) is 10.7 Å². The van der Waals surface area contributed by atoms with E-state index in [1.165, 1.54) is 32.7 Å². The molecule has 0 unspecified atom stereocenters. The molecular weight excluding hydrogens is 368 g/mol. The number of aryl methyl sites for hydroxylation is 1. The third-order valence-electron chi connectivity index (χ3n) is 4.02.